The predicted octanol–water partition coefficient (Wildman–Crippen LogP) is 1.58. The van der Waals surface area contributed by atoms with Crippen molar-refractivity contribution in [3.63, 3.8) is 0 Å². The molecule has 6 nitrogen and oxygen atoms in total. The van der Waals surface area contributed by atoms with Gasteiger partial charge in [0.15, 0.2) is 0 Å². The lowest BCUT2D eigenvalue weighted by molar-refractivity contribution is -0.384. The number of non-ortho nitro benzene ring substituents is 1. The molecule has 1 aromatic rings. The lowest BCUT2D eigenvalue weighted by atomic mass is 10.0. The van der Waals surface area contributed by atoms with Crippen LogP contribution in [0.3, 0.4) is 0 Å². The SMILES string of the molecule is CC1CCN(C(=O)c2cc([N+](=O)[O-])ccc2F)C1CO. The van der Waals surface area contributed by atoms with Gasteiger partial charge in [-0.3, -0.25) is 14.9 Å². The van der Waals surface area contributed by atoms with E-state index in [2.05, 4.69) is 0 Å². The molecular weight excluding hydrogens is 267 g/mol. The zero-order valence-corrected chi connectivity index (χ0v) is 11.0. The average molecular weight is 282 g/mol. The van der Waals surface area contributed by atoms with Gasteiger partial charge in [-0.05, 0) is 18.4 Å². The van der Waals surface area contributed by atoms with Gasteiger partial charge in [-0.1, -0.05) is 6.92 Å². The van der Waals surface area contributed by atoms with Gasteiger partial charge in [0, 0.05) is 18.7 Å². The molecule has 0 radical (unpaired) electrons. The van der Waals surface area contributed by atoms with E-state index in [1.54, 1.807) is 0 Å². The highest BCUT2D eigenvalue weighted by atomic mass is 19.1. The van der Waals surface area contributed by atoms with Gasteiger partial charge in [-0.25, -0.2) is 4.39 Å². The Morgan fingerprint density at radius 2 is 2.30 bits per heavy atom. The fraction of sp³-hybridized carbons (Fsp3) is 0.462. The van der Waals surface area contributed by atoms with E-state index in [9.17, 15) is 24.4 Å². The number of halogens is 1. The molecule has 0 spiro atoms. The van der Waals surface area contributed by atoms with Gasteiger partial charge >= 0.3 is 0 Å². The highest BCUT2D eigenvalue weighted by Crippen LogP contribution is 2.27. The summed E-state index contributed by atoms with van der Waals surface area (Å²) in [6.07, 6.45) is 0.716. The molecule has 7 heteroatoms. The molecule has 0 aromatic heterocycles. The molecule has 1 amide bonds. The van der Waals surface area contributed by atoms with Crippen LogP contribution in [0, 0.1) is 21.8 Å². The van der Waals surface area contributed by atoms with Crippen molar-refractivity contribution >= 4 is 11.6 Å². The third-order valence-electron chi connectivity index (χ3n) is 3.72. The second-order valence-corrected chi connectivity index (χ2v) is 4.94. The molecule has 1 aliphatic rings. The highest BCUT2D eigenvalue weighted by Gasteiger charge is 2.35. The first-order valence-corrected chi connectivity index (χ1v) is 6.31. The summed E-state index contributed by atoms with van der Waals surface area (Å²) < 4.78 is 13.7. The first kappa shape index (κ1) is 14.4. The predicted molar refractivity (Wildman–Crippen MR) is 68.7 cm³/mol. The number of likely N-dealkylation sites (tertiary alicyclic amines) is 1. The zero-order valence-electron chi connectivity index (χ0n) is 11.0. The summed E-state index contributed by atoms with van der Waals surface area (Å²) in [4.78, 5) is 23.7. The van der Waals surface area contributed by atoms with E-state index < -0.39 is 16.6 Å². The van der Waals surface area contributed by atoms with Crippen LogP contribution in [-0.4, -0.2) is 40.0 Å². The number of carbonyl (C=O) groups excluding carboxylic acids is 1. The molecule has 0 saturated carbocycles. The van der Waals surface area contributed by atoms with E-state index in [4.69, 9.17) is 0 Å². The van der Waals surface area contributed by atoms with Crippen molar-refractivity contribution in [2.24, 2.45) is 5.92 Å². The molecule has 1 N–H and O–H groups in total. The number of hydrogen-bond donors (Lipinski definition) is 1. The van der Waals surface area contributed by atoms with Crippen molar-refractivity contribution < 1.29 is 19.2 Å². The van der Waals surface area contributed by atoms with Crippen LogP contribution in [0.5, 0.6) is 0 Å². The third kappa shape index (κ3) is 2.49. The molecule has 2 unspecified atom stereocenters. The van der Waals surface area contributed by atoms with Crippen LogP contribution in [0.4, 0.5) is 10.1 Å². The molecule has 108 valence electrons. The molecule has 20 heavy (non-hydrogen) atoms. The number of carbonyl (C=O) groups is 1. The first-order chi connectivity index (χ1) is 9.45. The van der Waals surface area contributed by atoms with E-state index in [-0.39, 0.29) is 29.8 Å². The maximum Gasteiger partial charge on any atom is 0.270 e. The Morgan fingerprint density at radius 1 is 1.60 bits per heavy atom. The number of nitro benzene ring substituents is 1. The topological polar surface area (TPSA) is 83.7 Å². The zero-order chi connectivity index (χ0) is 14.9. The average Bonchev–Trinajstić information content (AvgIpc) is 2.79. The van der Waals surface area contributed by atoms with Crippen molar-refractivity contribution in [3.05, 3.63) is 39.7 Å². The van der Waals surface area contributed by atoms with Crippen molar-refractivity contribution in [1.82, 2.24) is 4.90 Å². The molecule has 2 rings (SSSR count). The molecule has 1 aliphatic heterocycles. The minimum Gasteiger partial charge on any atom is -0.394 e. The second-order valence-electron chi connectivity index (χ2n) is 4.94. The monoisotopic (exact) mass is 282 g/mol. The summed E-state index contributed by atoms with van der Waals surface area (Å²) >= 11 is 0. The summed E-state index contributed by atoms with van der Waals surface area (Å²) in [7, 11) is 0. The molecule has 0 bridgehead atoms. The minimum absolute atomic E-state index is 0.116. The number of rotatable bonds is 3. The van der Waals surface area contributed by atoms with Crippen molar-refractivity contribution in [1.29, 1.82) is 0 Å². The Hall–Kier alpha value is -2.02. The van der Waals surface area contributed by atoms with Crippen molar-refractivity contribution in [2.75, 3.05) is 13.2 Å². The van der Waals surface area contributed by atoms with E-state index in [0.717, 1.165) is 18.2 Å². The number of nitrogens with zero attached hydrogens (tertiary/aromatic N) is 2. The lowest BCUT2D eigenvalue weighted by Gasteiger charge is -2.25. The second kappa shape index (κ2) is 5.54. The molecular formula is C13H15FN2O4. The standard InChI is InChI=1S/C13H15FN2O4/c1-8-4-5-15(12(8)7-17)13(18)10-6-9(16(19)20)2-3-11(10)14/h2-3,6,8,12,17H,4-5,7H2,1H3. The van der Waals surface area contributed by atoms with Gasteiger partial charge < -0.3 is 10.0 Å². The van der Waals surface area contributed by atoms with Crippen molar-refractivity contribution in [2.45, 2.75) is 19.4 Å². The summed E-state index contributed by atoms with van der Waals surface area (Å²) in [6.45, 7) is 2.11. The molecule has 0 aliphatic carbocycles. The molecule has 1 saturated heterocycles. The van der Waals surface area contributed by atoms with E-state index in [1.165, 1.54) is 4.90 Å². The van der Waals surface area contributed by atoms with Crippen molar-refractivity contribution in [3.8, 4) is 0 Å². The summed E-state index contributed by atoms with van der Waals surface area (Å²) in [6, 6.07) is 2.50. The van der Waals surface area contributed by atoms with Gasteiger partial charge in [-0.2, -0.15) is 0 Å². The Balaban J connectivity index is 2.33. The van der Waals surface area contributed by atoms with Gasteiger partial charge in [0.25, 0.3) is 11.6 Å². The molecule has 1 heterocycles. The Morgan fingerprint density at radius 3 is 2.90 bits per heavy atom. The smallest absolute Gasteiger partial charge is 0.270 e. The molecule has 2 atom stereocenters. The van der Waals surface area contributed by atoms with Gasteiger partial charge in [0.05, 0.1) is 23.1 Å². The molecule has 1 fully saturated rings. The highest BCUT2D eigenvalue weighted by molar-refractivity contribution is 5.95. The number of aliphatic hydroxyl groups excluding tert-OH is 1. The quantitative estimate of drug-likeness (QED) is 0.674. The number of aliphatic hydroxyl groups is 1. The summed E-state index contributed by atoms with van der Waals surface area (Å²) in [5.41, 5.74) is -0.658. The van der Waals surface area contributed by atoms with Crippen LogP contribution < -0.4 is 0 Å². The van der Waals surface area contributed by atoms with Crippen LogP contribution in [0.25, 0.3) is 0 Å². The van der Waals surface area contributed by atoms with Crippen LogP contribution in [0.1, 0.15) is 23.7 Å². The Bertz CT molecular complexity index is 549. The maximum atomic E-state index is 13.7. The minimum atomic E-state index is -0.795. The summed E-state index contributed by atoms with van der Waals surface area (Å²) in [5, 5.41) is 20.0. The number of nitro groups is 1. The fourth-order valence-electron chi connectivity index (χ4n) is 2.48. The van der Waals surface area contributed by atoms with Gasteiger partial charge in [0.2, 0.25) is 0 Å². The van der Waals surface area contributed by atoms with Crippen LogP contribution in [-0.2, 0) is 0 Å². The van der Waals surface area contributed by atoms with Gasteiger partial charge in [0.1, 0.15) is 5.82 Å². The van der Waals surface area contributed by atoms with Crippen LogP contribution in [0.2, 0.25) is 0 Å². The van der Waals surface area contributed by atoms with E-state index in [0.29, 0.717) is 13.0 Å². The Labute approximate surface area is 115 Å². The number of hydrogen-bond acceptors (Lipinski definition) is 4. The van der Waals surface area contributed by atoms with Gasteiger partial charge in [-0.15, -0.1) is 0 Å². The largest absolute Gasteiger partial charge is 0.394 e. The lowest BCUT2D eigenvalue weighted by Crippen LogP contribution is -2.40. The maximum absolute atomic E-state index is 13.7. The first-order valence-electron chi connectivity index (χ1n) is 6.31. The molecule has 1 aromatic carbocycles. The van der Waals surface area contributed by atoms with Crippen LogP contribution >= 0.6 is 0 Å². The fourth-order valence-corrected chi connectivity index (χ4v) is 2.48. The number of amides is 1. The van der Waals surface area contributed by atoms with Crippen LogP contribution in [0.15, 0.2) is 18.2 Å². The Kier molecular flexibility index (Phi) is 3.99. The van der Waals surface area contributed by atoms with E-state index in [1.807, 2.05) is 6.92 Å². The normalized spacial score (nSPS) is 22.1. The van der Waals surface area contributed by atoms with E-state index >= 15 is 0 Å². The third-order valence-corrected chi connectivity index (χ3v) is 3.72. The number of benzene rings is 1. The summed E-state index contributed by atoms with van der Waals surface area (Å²) in [5.74, 6) is -1.29.